The van der Waals surface area contributed by atoms with E-state index >= 15 is 0 Å². The molecule has 1 fully saturated rings. The van der Waals surface area contributed by atoms with E-state index in [4.69, 9.17) is 9.47 Å². The van der Waals surface area contributed by atoms with Crippen LogP contribution in [0, 0.1) is 5.82 Å². The first kappa shape index (κ1) is 23.2. The quantitative estimate of drug-likeness (QED) is 0.613. The number of nitrogens with zero attached hydrogens (tertiary/aromatic N) is 3. The summed E-state index contributed by atoms with van der Waals surface area (Å²) in [4.78, 5) is 19.3. The number of amides is 1. The molecule has 1 atom stereocenters. The lowest BCUT2D eigenvalue weighted by molar-refractivity contribution is -0.0433. The van der Waals surface area contributed by atoms with Crippen molar-refractivity contribution in [2.24, 2.45) is 0 Å². The molecule has 7 heteroatoms. The number of carbonyl (C=O) groups is 1. The van der Waals surface area contributed by atoms with Gasteiger partial charge in [-0.1, -0.05) is 12.1 Å². The van der Waals surface area contributed by atoms with Gasteiger partial charge >= 0.3 is 0 Å². The Hall–Kier alpha value is -2.48. The Labute approximate surface area is 184 Å². The van der Waals surface area contributed by atoms with Crippen molar-refractivity contribution in [1.82, 2.24) is 14.7 Å². The topological polar surface area (TPSA) is 45.3 Å². The van der Waals surface area contributed by atoms with E-state index in [1.54, 1.807) is 7.11 Å². The largest absolute Gasteiger partial charge is 0.497 e. The number of hydrogen-bond donors (Lipinski definition) is 0. The third-order valence-corrected chi connectivity index (χ3v) is 5.38. The zero-order valence-electron chi connectivity index (χ0n) is 18.6. The van der Waals surface area contributed by atoms with E-state index in [0.29, 0.717) is 25.3 Å². The summed E-state index contributed by atoms with van der Waals surface area (Å²) >= 11 is 0. The summed E-state index contributed by atoms with van der Waals surface area (Å²) < 4.78 is 24.6. The number of methoxy groups -OCH3 is 1. The summed E-state index contributed by atoms with van der Waals surface area (Å²) in [5, 5.41) is 0. The number of morpholine rings is 1. The third kappa shape index (κ3) is 7.02. The molecule has 3 rings (SSSR count). The van der Waals surface area contributed by atoms with Gasteiger partial charge in [-0.05, 0) is 56.1 Å². The molecule has 0 aliphatic carbocycles. The van der Waals surface area contributed by atoms with Crippen molar-refractivity contribution in [3.8, 4) is 5.75 Å². The molecule has 31 heavy (non-hydrogen) atoms. The van der Waals surface area contributed by atoms with E-state index in [2.05, 4.69) is 11.0 Å². The van der Waals surface area contributed by atoms with Crippen LogP contribution in [0.15, 0.2) is 48.5 Å². The normalized spacial score (nSPS) is 17.0. The molecule has 1 unspecified atom stereocenters. The fourth-order valence-corrected chi connectivity index (χ4v) is 3.68. The van der Waals surface area contributed by atoms with Crippen LogP contribution in [-0.4, -0.2) is 87.2 Å². The highest BCUT2D eigenvalue weighted by Crippen LogP contribution is 2.17. The Kier molecular flexibility index (Phi) is 8.40. The number of benzene rings is 2. The van der Waals surface area contributed by atoms with E-state index in [1.165, 1.54) is 29.8 Å². The van der Waals surface area contributed by atoms with Crippen LogP contribution in [0.25, 0.3) is 0 Å². The van der Waals surface area contributed by atoms with Crippen LogP contribution >= 0.6 is 0 Å². The molecule has 1 aliphatic rings. The second-order valence-corrected chi connectivity index (χ2v) is 8.14. The number of carbonyl (C=O) groups excluding carboxylic acids is 1. The monoisotopic (exact) mass is 429 g/mol. The van der Waals surface area contributed by atoms with Gasteiger partial charge in [0.05, 0.1) is 19.8 Å². The molecule has 2 aromatic carbocycles. The van der Waals surface area contributed by atoms with E-state index < -0.39 is 0 Å². The van der Waals surface area contributed by atoms with Crippen molar-refractivity contribution in [2.45, 2.75) is 12.6 Å². The van der Waals surface area contributed by atoms with E-state index in [1.807, 2.05) is 42.1 Å². The van der Waals surface area contributed by atoms with Crippen molar-refractivity contribution in [1.29, 1.82) is 0 Å². The molecular weight excluding hydrogens is 397 g/mol. The van der Waals surface area contributed by atoms with Crippen LogP contribution in [0.3, 0.4) is 0 Å². The van der Waals surface area contributed by atoms with Gasteiger partial charge in [-0.25, -0.2) is 4.39 Å². The van der Waals surface area contributed by atoms with Gasteiger partial charge < -0.3 is 19.3 Å². The summed E-state index contributed by atoms with van der Waals surface area (Å²) in [6, 6.07) is 13.8. The van der Waals surface area contributed by atoms with Gasteiger partial charge in [-0.15, -0.1) is 0 Å². The fraction of sp³-hybridized carbons (Fsp3) is 0.458. The van der Waals surface area contributed by atoms with Gasteiger partial charge in [0.2, 0.25) is 0 Å². The van der Waals surface area contributed by atoms with Crippen LogP contribution < -0.4 is 4.74 Å². The Morgan fingerprint density at radius 2 is 1.97 bits per heavy atom. The first-order valence-electron chi connectivity index (χ1n) is 10.6. The molecule has 2 aromatic rings. The summed E-state index contributed by atoms with van der Waals surface area (Å²) in [6.45, 7) is 4.84. The van der Waals surface area contributed by atoms with Gasteiger partial charge in [-0.3, -0.25) is 9.69 Å². The first-order chi connectivity index (χ1) is 14.9. The predicted octanol–water partition coefficient (Wildman–Crippen LogP) is 2.74. The van der Waals surface area contributed by atoms with Crippen molar-refractivity contribution >= 4 is 5.91 Å². The molecule has 1 amide bonds. The minimum atomic E-state index is -0.347. The third-order valence-electron chi connectivity index (χ3n) is 5.38. The first-order valence-corrected chi connectivity index (χ1v) is 10.6. The standard InChI is InChI=1S/C24H32FN3O3/c1-26(2)11-12-28(24(29)20-7-9-21(25)10-8-20)18-23-17-27(13-14-31-23)16-19-5-4-6-22(15-19)30-3/h4-10,15,23H,11-14,16-18H2,1-3H3. The van der Waals surface area contributed by atoms with Gasteiger partial charge in [0, 0.05) is 44.8 Å². The Bertz CT molecular complexity index is 844. The highest BCUT2D eigenvalue weighted by atomic mass is 19.1. The zero-order valence-corrected chi connectivity index (χ0v) is 18.6. The van der Waals surface area contributed by atoms with Gasteiger partial charge in [-0.2, -0.15) is 0 Å². The maximum Gasteiger partial charge on any atom is 0.253 e. The second kappa shape index (κ2) is 11.2. The van der Waals surface area contributed by atoms with Crippen LogP contribution in [0.4, 0.5) is 4.39 Å². The fourth-order valence-electron chi connectivity index (χ4n) is 3.68. The van der Waals surface area contributed by atoms with Crippen molar-refractivity contribution in [3.63, 3.8) is 0 Å². The molecule has 0 aromatic heterocycles. The van der Waals surface area contributed by atoms with Crippen molar-refractivity contribution < 1.29 is 18.7 Å². The van der Waals surface area contributed by atoms with Crippen LogP contribution in [0.1, 0.15) is 15.9 Å². The van der Waals surface area contributed by atoms with Gasteiger partial charge in [0.1, 0.15) is 11.6 Å². The van der Waals surface area contributed by atoms with Gasteiger partial charge in [0.25, 0.3) is 5.91 Å². The lowest BCUT2D eigenvalue weighted by Gasteiger charge is -2.36. The Balaban J connectivity index is 1.64. The lowest BCUT2D eigenvalue weighted by Crippen LogP contribution is -2.49. The molecule has 0 bridgehead atoms. The SMILES string of the molecule is COc1cccc(CN2CCOC(CN(CCN(C)C)C(=O)c3ccc(F)cc3)C2)c1. The van der Waals surface area contributed by atoms with Crippen LogP contribution in [-0.2, 0) is 11.3 Å². The summed E-state index contributed by atoms with van der Waals surface area (Å²) in [6.07, 6.45) is -0.0779. The van der Waals surface area contributed by atoms with E-state index in [0.717, 1.165) is 31.9 Å². The molecule has 0 radical (unpaired) electrons. The Morgan fingerprint density at radius 1 is 1.19 bits per heavy atom. The smallest absolute Gasteiger partial charge is 0.253 e. The molecule has 168 valence electrons. The van der Waals surface area contributed by atoms with Crippen molar-refractivity contribution in [3.05, 3.63) is 65.5 Å². The Morgan fingerprint density at radius 3 is 2.68 bits per heavy atom. The highest BCUT2D eigenvalue weighted by molar-refractivity contribution is 5.94. The molecule has 6 nitrogen and oxygen atoms in total. The molecule has 0 spiro atoms. The second-order valence-electron chi connectivity index (χ2n) is 8.14. The maximum atomic E-state index is 13.3. The highest BCUT2D eigenvalue weighted by Gasteiger charge is 2.26. The number of likely N-dealkylation sites (N-methyl/N-ethyl adjacent to an activating group) is 1. The van der Waals surface area contributed by atoms with Gasteiger partial charge in [0.15, 0.2) is 0 Å². The number of halogens is 1. The minimum absolute atomic E-state index is 0.0779. The maximum absolute atomic E-state index is 13.3. The molecule has 1 saturated heterocycles. The molecule has 0 saturated carbocycles. The molecular formula is C24H32FN3O3. The molecule has 1 heterocycles. The number of hydrogen-bond acceptors (Lipinski definition) is 5. The van der Waals surface area contributed by atoms with Crippen LogP contribution in [0.2, 0.25) is 0 Å². The minimum Gasteiger partial charge on any atom is -0.497 e. The lowest BCUT2D eigenvalue weighted by atomic mass is 10.1. The summed E-state index contributed by atoms with van der Waals surface area (Å²) in [5.74, 6) is 0.401. The summed E-state index contributed by atoms with van der Waals surface area (Å²) in [7, 11) is 5.63. The van der Waals surface area contributed by atoms with Crippen LogP contribution in [0.5, 0.6) is 5.75 Å². The predicted molar refractivity (Wildman–Crippen MR) is 119 cm³/mol. The van der Waals surface area contributed by atoms with E-state index in [-0.39, 0.29) is 17.8 Å². The molecule has 1 aliphatic heterocycles. The summed E-state index contributed by atoms with van der Waals surface area (Å²) in [5.41, 5.74) is 1.68. The zero-order chi connectivity index (χ0) is 22.2. The average molecular weight is 430 g/mol. The number of ether oxygens (including phenoxy) is 2. The average Bonchev–Trinajstić information content (AvgIpc) is 2.77. The van der Waals surface area contributed by atoms with Crippen molar-refractivity contribution in [2.75, 3.05) is 60.5 Å². The molecule has 0 N–H and O–H groups in total. The van der Waals surface area contributed by atoms with E-state index in [9.17, 15) is 9.18 Å². The number of rotatable bonds is 9.